The summed E-state index contributed by atoms with van der Waals surface area (Å²) < 4.78 is 23.6. The van der Waals surface area contributed by atoms with E-state index in [9.17, 15) is 19.2 Å². The summed E-state index contributed by atoms with van der Waals surface area (Å²) in [6.07, 6.45) is 0.764. The molecule has 2 rings (SSSR count). The maximum absolute atomic E-state index is 13.2. The molecule has 1 atom stereocenters. The van der Waals surface area contributed by atoms with Gasteiger partial charge >= 0.3 is 0 Å². The van der Waals surface area contributed by atoms with Crippen LogP contribution in [-0.4, -0.2) is 32.5 Å². The van der Waals surface area contributed by atoms with Crippen LogP contribution in [0, 0.1) is 23.1 Å². The molecular formula is C22H23FN2O4. The van der Waals surface area contributed by atoms with Gasteiger partial charge in [0.1, 0.15) is 5.82 Å². The second kappa shape index (κ2) is 10.8. The highest BCUT2D eigenvalue weighted by atomic mass is 19.1. The molecular weight excluding hydrogens is 375 g/mol. The third kappa shape index (κ3) is 6.32. The molecule has 0 radical (unpaired) electrons. The zero-order valence-electron chi connectivity index (χ0n) is 16.4. The Hall–Kier alpha value is -3.40. The fourth-order valence-electron chi connectivity index (χ4n) is 2.85. The van der Waals surface area contributed by atoms with Gasteiger partial charge in [0.15, 0.2) is 23.2 Å². The Morgan fingerprint density at radius 3 is 2.45 bits per heavy atom. The molecule has 1 amide bonds. The van der Waals surface area contributed by atoms with E-state index in [1.165, 1.54) is 19.2 Å². The first-order valence-electron chi connectivity index (χ1n) is 9.14. The Morgan fingerprint density at radius 2 is 1.79 bits per heavy atom. The van der Waals surface area contributed by atoms with Gasteiger partial charge in [-0.3, -0.25) is 9.59 Å². The average Bonchev–Trinajstić information content (AvgIpc) is 2.72. The Bertz CT molecular complexity index is 908. The van der Waals surface area contributed by atoms with E-state index in [2.05, 4.69) is 5.32 Å². The van der Waals surface area contributed by atoms with Crippen LogP contribution < -0.4 is 14.8 Å². The first-order chi connectivity index (χ1) is 14.0. The zero-order valence-corrected chi connectivity index (χ0v) is 16.4. The number of carbonyl (C=O) groups excluding carboxylic acids is 2. The van der Waals surface area contributed by atoms with Crippen molar-refractivity contribution in [3.05, 3.63) is 59.4 Å². The Kier molecular flexibility index (Phi) is 8.16. The number of rotatable bonds is 10. The summed E-state index contributed by atoms with van der Waals surface area (Å²) in [6.45, 7) is 0.268. The maximum atomic E-state index is 13.2. The molecule has 2 aromatic rings. The topological polar surface area (TPSA) is 88.4 Å². The summed E-state index contributed by atoms with van der Waals surface area (Å²) in [5.74, 6) is -1.70. The van der Waals surface area contributed by atoms with Crippen molar-refractivity contribution in [2.75, 3.05) is 20.8 Å². The maximum Gasteiger partial charge on any atom is 0.245 e. The van der Waals surface area contributed by atoms with Crippen molar-refractivity contribution < 1.29 is 23.5 Å². The molecule has 1 unspecified atom stereocenters. The van der Waals surface area contributed by atoms with Crippen LogP contribution in [0.5, 0.6) is 11.5 Å². The molecule has 0 heterocycles. The van der Waals surface area contributed by atoms with Gasteiger partial charge in [-0.2, -0.15) is 5.26 Å². The Labute approximate surface area is 169 Å². The molecule has 152 valence electrons. The number of ketones is 1. The van der Waals surface area contributed by atoms with Crippen molar-refractivity contribution in [1.29, 1.82) is 5.26 Å². The van der Waals surface area contributed by atoms with E-state index in [0.29, 0.717) is 23.5 Å². The van der Waals surface area contributed by atoms with Crippen molar-refractivity contribution in [1.82, 2.24) is 5.32 Å². The number of halogens is 1. The summed E-state index contributed by atoms with van der Waals surface area (Å²) in [4.78, 5) is 24.5. The predicted octanol–water partition coefficient (Wildman–Crippen LogP) is 2.84. The number of nitrogens with zero attached hydrogens (tertiary/aromatic N) is 1. The van der Waals surface area contributed by atoms with E-state index in [0.717, 1.165) is 5.56 Å². The molecule has 0 bridgehead atoms. The number of carbonyl (C=O) groups is 2. The molecule has 0 fully saturated rings. The van der Waals surface area contributed by atoms with Gasteiger partial charge in [0.2, 0.25) is 5.91 Å². The third-order valence-corrected chi connectivity index (χ3v) is 4.42. The number of aryl methyl sites for hydroxylation is 1. The van der Waals surface area contributed by atoms with E-state index < -0.39 is 17.6 Å². The molecule has 0 aliphatic carbocycles. The van der Waals surface area contributed by atoms with Crippen molar-refractivity contribution in [2.45, 2.75) is 19.3 Å². The van der Waals surface area contributed by atoms with Crippen molar-refractivity contribution in [2.24, 2.45) is 5.92 Å². The molecule has 0 aliphatic heterocycles. The zero-order chi connectivity index (χ0) is 21.2. The number of benzene rings is 2. The minimum absolute atomic E-state index is 0.00915. The monoisotopic (exact) mass is 398 g/mol. The van der Waals surface area contributed by atoms with Gasteiger partial charge < -0.3 is 14.8 Å². The van der Waals surface area contributed by atoms with Crippen LogP contribution in [-0.2, 0) is 22.4 Å². The minimum atomic E-state index is -1.38. The number of methoxy groups -OCH3 is 2. The van der Waals surface area contributed by atoms with Crippen LogP contribution in [0.1, 0.15) is 17.5 Å². The molecule has 0 saturated heterocycles. The summed E-state index contributed by atoms with van der Waals surface area (Å²) in [5, 5.41) is 11.9. The standard InChI is InChI=1S/C22H23FN2O4/c1-28-20-9-7-16(13-21(20)29-2)10-11-25-22(27)18(14-24)19(26)8-6-15-4-3-5-17(23)12-15/h3-5,7,9,12-13,18H,6,8,10-11H2,1-2H3,(H,25,27). The summed E-state index contributed by atoms with van der Waals surface area (Å²) >= 11 is 0. The van der Waals surface area contributed by atoms with Crippen LogP contribution in [0.4, 0.5) is 4.39 Å². The lowest BCUT2D eigenvalue weighted by molar-refractivity contribution is -0.131. The molecule has 7 heteroatoms. The van der Waals surface area contributed by atoms with Gasteiger partial charge in [0, 0.05) is 13.0 Å². The molecule has 6 nitrogen and oxygen atoms in total. The number of hydrogen-bond acceptors (Lipinski definition) is 5. The van der Waals surface area contributed by atoms with Crippen molar-refractivity contribution >= 4 is 11.7 Å². The van der Waals surface area contributed by atoms with Crippen LogP contribution in [0.3, 0.4) is 0 Å². The van der Waals surface area contributed by atoms with E-state index in [1.54, 1.807) is 37.4 Å². The first kappa shape index (κ1) is 21.9. The number of hydrogen-bond donors (Lipinski definition) is 1. The first-order valence-corrected chi connectivity index (χ1v) is 9.14. The lowest BCUT2D eigenvalue weighted by Crippen LogP contribution is -2.35. The number of ether oxygens (including phenoxy) is 2. The van der Waals surface area contributed by atoms with Crippen LogP contribution in [0.15, 0.2) is 42.5 Å². The smallest absolute Gasteiger partial charge is 0.245 e. The number of Topliss-reactive ketones (excluding diaryl/α,β-unsaturated/α-hetero) is 1. The van der Waals surface area contributed by atoms with Crippen molar-refractivity contribution in [3.63, 3.8) is 0 Å². The Morgan fingerprint density at radius 1 is 1.07 bits per heavy atom. The number of amides is 1. The van der Waals surface area contributed by atoms with Gasteiger partial charge in [-0.25, -0.2) is 4.39 Å². The quantitative estimate of drug-likeness (QED) is 0.622. The highest BCUT2D eigenvalue weighted by Crippen LogP contribution is 2.27. The van der Waals surface area contributed by atoms with E-state index in [4.69, 9.17) is 9.47 Å². The molecule has 0 aromatic heterocycles. The average molecular weight is 398 g/mol. The number of nitriles is 1. The van der Waals surface area contributed by atoms with Gasteiger partial charge in [0.25, 0.3) is 0 Å². The molecule has 0 aliphatic rings. The third-order valence-electron chi connectivity index (χ3n) is 4.42. The van der Waals surface area contributed by atoms with Gasteiger partial charge in [-0.15, -0.1) is 0 Å². The summed E-state index contributed by atoms with van der Waals surface area (Å²) in [5.41, 5.74) is 1.55. The van der Waals surface area contributed by atoms with Gasteiger partial charge in [0.05, 0.1) is 20.3 Å². The van der Waals surface area contributed by atoms with E-state index in [-0.39, 0.29) is 25.2 Å². The van der Waals surface area contributed by atoms with Crippen LogP contribution in [0.25, 0.3) is 0 Å². The van der Waals surface area contributed by atoms with Crippen LogP contribution >= 0.6 is 0 Å². The highest BCUT2D eigenvalue weighted by Gasteiger charge is 2.25. The van der Waals surface area contributed by atoms with Crippen LogP contribution in [0.2, 0.25) is 0 Å². The normalized spacial score (nSPS) is 11.2. The summed E-state index contributed by atoms with van der Waals surface area (Å²) in [7, 11) is 3.08. The second-order valence-electron chi connectivity index (χ2n) is 6.39. The van der Waals surface area contributed by atoms with E-state index >= 15 is 0 Å². The molecule has 0 saturated carbocycles. The van der Waals surface area contributed by atoms with Crippen molar-refractivity contribution in [3.8, 4) is 17.6 Å². The lowest BCUT2D eigenvalue weighted by atomic mass is 9.98. The predicted molar refractivity (Wildman–Crippen MR) is 105 cm³/mol. The molecule has 29 heavy (non-hydrogen) atoms. The Balaban J connectivity index is 1.86. The van der Waals surface area contributed by atoms with Gasteiger partial charge in [-0.1, -0.05) is 18.2 Å². The minimum Gasteiger partial charge on any atom is -0.493 e. The fraction of sp³-hybridized carbons (Fsp3) is 0.318. The lowest BCUT2D eigenvalue weighted by Gasteiger charge is -2.11. The highest BCUT2D eigenvalue weighted by molar-refractivity contribution is 6.03. The SMILES string of the molecule is COc1ccc(CCNC(=O)C(C#N)C(=O)CCc2cccc(F)c2)cc1OC. The van der Waals surface area contributed by atoms with Gasteiger partial charge in [-0.05, 0) is 48.2 Å². The molecule has 1 N–H and O–H groups in total. The largest absolute Gasteiger partial charge is 0.493 e. The fourth-order valence-corrected chi connectivity index (χ4v) is 2.85. The number of nitrogens with one attached hydrogen (secondary N) is 1. The summed E-state index contributed by atoms with van der Waals surface area (Å²) in [6, 6.07) is 13.1. The van der Waals surface area contributed by atoms with E-state index in [1.807, 2.05) is 6.07 Å². The molecule has 2 aromatic carbocycles. The second-order valence-corrected chi connectivity index (χ2v) is 6.39. The molecule has 0 spiro atoms.